The lowest BCUT2D eigenvalue weighted by atomic mass is 10.2. The van der Waals surface area contributed by atoms with Crippen molar-refractivity contribution in [1.29, 1.82) is 0 Å². The summed E-state index contributed by atoms with van der Waals surface area (Å²) in [7, 11) is 0. The van der Waals surface area contributed by atoms with Crippen LogP contribution in [0.25, 0.3) is 0 Å². The molecule has 0 atom stereocenters. The summed E-state index contributed by atoms with van der Waals surface area (Å²) in [5.74, 6) is 0.119. The summed E-state index contributed by atoms with van der Waals surface area (Å²) < 4.78 is 10.5. The van der Waals surface area contributed by atoms with E-state index in [2.05, 4.69) is 10.6 Å². The van der Waals surface area contributed by atoms with E-state index in [9.17, 15) is 14.4 Å². The lowest BCUT2D eigenvalue weighted by molar-refractivity contribution is -0.124. The molecule has 0 radical (unpaired) electrons. The molecule has 9 heteroatoms. The van der Waals surface area contributed by atoms with E-state index in [1.807, 2.05) is 6.07 Å². The Balaban J connectivity index is 1.43. The Morgan fingerprint density at radius 3 is 2.65 bits per heavy atom. The van der Waals surface area contributed by atoms with Crippen molar-refractivity contribution in [3.8, 4) is 11.5 Å². The van der Waals surface area contributed by atoms with Crippen LogP contribution in [0.15, 0.2) is 29.6 Å². The van der Waals surface area contributed by atoms with Gasteiger partial charge in [0.1, 0.15) is 5.00 Å². The minimum Gasteiger partial charge on any atom is -0.454 e. The fraction of sp³-hybridized carbons (Fsp3) is 0.235. The molecular formula is C17H17N3O5S. The lowest BCUT2D eigenvalue weighted by Crippen LogP contribution is -2.24. The minimum atomic E-state index is -0.608. The Morgan fingerprint density at radius 1 is 1.08 bits per heavy atom. The normalized spacial score (nSPS) is 11.8. The zero-order valence-electron chi connectivity index (χ0n) is 13.7. The predicted molar refractivity (Wildman–Crippen MR) is 95.1 cm³/mol. The van der Waals surface area contributed by atoms with Crippen molar-refractivity contribution in [2.24, 2.45) is 5.73 Å². The highest BCUT2D eigenvalue weighted by atomic mass is 32.1. The van der Waals surface area contributed by atoms with Crippen molar-refractivity contribution in [1.82, 2.24) is 5.32 Å². The van der Waals surface area contributed by atoms with Gasteiger partial charge in [0, 0.05) is 19.4 Å². The molecule has 0 spiro atoms. The number of rotatable bonds is 7. The zero-order chi connectivity index (χ0) is 18.5. The van der Waals surface area contributed by atoms with Crippen LogP contribution in [-0.4, -0.2) is 24.5 Å². The van der Waals surface area contributed by atoms with Crippen LogP contribution in [-0.2, 0) is 16.1 Å². The van der Waals surface area contributed by atoms with E-state index in [4.69, 9.17) is 15.2 Å². The summed E-state index contributed by atoms with van der Waals surface area (Å²) in [6.07, 6.45) is 0.0384. The highest BCUT2D eigenvalue weighted by Gasteiger charge is 2.15. The van der Waals surface area contributed by atoms with Gasteiger partial charge in [0.2, 0.25) is 18.6 Å². The first-order valence-corrected chi connectivity index (χ1v) is 8.73. The molecule has 0 saturated carbocycles. The van der Waals surface area contributed by atoms with E-state index >= 15 is 0 Å². The molecule has 3 amide bonds. The van der Waals surface area contributed by atoms with Gasteiger partial charge in [-0.25, -0.2) is 0 Å². The number of thiophene rings is 1. The largest absolute Gasteiger partial charge is 0.454 e. The van der Waals surface area contributed by atoms with Gasteiger partial charge in [-0.1, -0.05) is 6.07 Å². The van der Waals surface area contributed by atoms with Gasteiger partial charge >= 0.3 is 0 Å². The monoisotopic (exact) mass is 375 g/mol. The summed E-state index contributed by atoms with van der Waals surface area (Å²) in [6, 6.07) is 6.97. The van der Waals surface area contributed by atoms with Crippen LogP contribution in [0.5, 0.6) is 11.5 Å². The number of nitrogens with one attached hydrogen (secondary N) is 2. The molecule has 26 heavy (non-hydrogen) atoms. The third kappa shape index (κ3) is 4.31. The van der Waals surface area contributed by atoms with Crippen molar-refractivity contribution in [2.45, 2.75) is 19.4 Å². The number of hydrogen-bond acceptors (Lipinski definition) is 6. The number of primary amides is 1. The first-order chi connectivity index (χ1) is 12.5. The van der Waals surface area contributed by atoms with Crippen molar-refractivity contribution in [3.05, 3.63) is 40.8 Å². The molecule has 0 aliphatic carbocycles. The Morgan fingerprint density at radius 2 is 1.85 bits per heavy atom. The average molecular weight is 375 g/mol. The van der Waals surface area contributed by atoms with Crippen LogP contribution in [0.4, 0.5) is 5.00 Å². The number of hydrogen-bond donors (Lipinski definition) is 3. The molecule has 0 fully saturated rings. The molecule has 1 aliphatic heterocycles. The Labute approximate surface area is 153 Å². The number of carbonyl (C=O) groups is 3. The zero-order valence-corrected chi connectivity index (χ0v) is 14.6. The van der Waals surface area contributed by atoms with Crippen LogP contribution in [0.1, 0.15) is 28.8 Å². The molecule has 2 aromatic rings. The Kier molecular flexibility index (Phi) is 5.37. The quantitative estimate of drug-likeness (QED) is 0.679. The van der Waals surface area contributed by atoms with E-state index in [1.165, 1.54) is 11.3 Å². The van der Waals surface area contributed by atoms with E-state index in [1.54, 1.807) is 23.6 Å². The van der Waals surface area contributed by atoms with Crippen LogP contribution < -0.4 is 25.8 Å². The molecular weight excluding hydrogens is 358 g/mol. The number of ether oxygens (including phenoxy) is 2. The molecule has 136 valence electrons. The maximum atomic E-state index is 11.9. The van der Waals surface area contributed by atoms with Gasteiger partial charge < -0.3 is 25.8 Å². The van der Waals surface area contributed by atoms with Crippen molar-refractivity contribution < 1.29 is 23.9 Å². The number of anilines is 1. The minimum absolute atomic E-state index is 0.00305. The summed E-state index contributed by atoms with van der Waals surface area (Å²) in [6.45, 7) is 0.524. The summed E-state index contributed by atoms with van der Waals surface area (Å²) in [4.78, 5) is 35.1. The topological polar surface area (TPSA) is 120 Å². The van der Waals surface area contributed by atoms with E-state index in [-0.39, 0.29) is 37.0 Å². The first-order valence-electron chi connectivity index (χ1n) is 7.85. The van der Waals surface area contributed by atoms with Crippen molar-refractivity contribution in [3.63, 3.8) is 0 Å². The molecule has 1 aliphatic rings. The van der Waals surface area contributed by atoms with E-state index in [0.717, 1.165) is 5.56 Å². The number of amides is 3. The molecule has 0 saturated heterocycles. The smallest absolute Gasteiger partial charge is 0.251 e. The summed E-state index contributed by atoms with van der Waals surface area (Å²) >= 11 is 1.20. The molecule has 1 aromatic heterocycles. The molecule has 2 heterocycles. The molecule has 0 bridgehead atoms. The van der Waals surface area contributed by atoms with Crippen LogP contribution in [0, 0.1) is 0 Å². The molecule has 0 unspecified atom stereocenters. The highest BCUT2D eigenvalue weighted by molar-refractivity contribution is 7.14. The fourth-order valence-electron chi connectivity index (χ4n) is 2.36. The first kappa shape index (κ1) is 17.7. The molecule has 1 aromatic carbocycles. The number of carbonyl (C=O) groups excluding carboxylic acids is 3. The van der Waals surface area contributed by atoms with Crippen LogP contribution in [0.2, 0.25) is 0 Å². The van der Waals surface area contributed by atoms with E-state index in [0.29, 0.717) is 23.0 Å². The lowest BCUT2D eigenvalue weighted by Gasteiger charge is -2.07. The average Bonchev–Trinajstić information content (AvgIpc) is 3.26. The maximum Gasteiger partial charge on any atom is 0.251 e. The van der Waals surface area contributed by atoms with Gasteiger partial charge in [-0.05, 0) is 29.1 Å². The third-order valence-corrected chi connectivity index (χ3v) is 4.52. The number of fused-ring (bicyclic) bond motifs is 1. The second kappa shape index (κ2) is 7.87. The number of nitrogens with two attached hydrogens (primary N) is 1. The van der Waals surface area contributed by atoms with Crippen LogP contribution >= 0.6 is 11.3 Å². The second-order valence-electron chi connectivity index (χ2n) is 5.54. The van der Waals surface area contributed by atoms with Gasteiger partial charge in [0.25, 0.3) is 5.91 Å². The van der Waals surface area contributed by atoms with Gasteiger partial charge in [0.05, 0.1) is 5.56 Å². The standard InChI is InChI=1S/C17H17N3O5S/c18-16(23)11-5-6-26-17(11)20-15(22)4-3-14(21)19-8-10-1-2-12-13(7-10)25-9-24-12/h1-2,5-7H,3-4,8-9H2,(H2,18,23)(H,19,21)(H,20,22). The maximum absolute atomic E-state index is 11.9. The Hall–Kier alpha value is -3.07. The predicted octanol–water partition coefficient (Wildman–Crippen LogP) is 1.61. The Bertz CT molecular complexity index is 849. The number of benzene rings is 1. The SMILES string of the molecule is NC(=O)c1ccsc1NC(=O)CCC(=O)NCc1ccc2c(c1)OCO2. The van der Waals surface area contributed by atoms with Gasteiger partial charge in [-0.2, -0.15) is 0 Å². The van der Waals surface area contributed by atoms with E-state index < -0.39 is 5.91 Å². The molecule has 3 rings (SSSR count). The highest BCUT2D eigenvalue weighted by Crippen LogP contribution is 2.32. The third-order valence-electron chi connectivity index (χ3n) is 3.69. The summed E-state index contributed by atoms with van der Waals surface area (Å²) in [5.41, 5.74) is 6.35. The molecule has 4 N–H and O–H groups in total. The van der Waals surface area contributed by atoms with Gasteiger partial charge in [-0.15, -0.1) is 11.3 Å². The molecule has 8 nitrogen and oxygen atoms in total. The van der Waals surface area contributed by atoms with Crippen molar-refractivity contribution in [2.75, 3.05) is 12.1 Å². The van der Waals surface area contributed by atoms with Crippen molar-refractivity contribution >= 4 is 34.1 Å². The fourth-order valence-corrected chi connectivity index (χ4v) is 3.16. The van der Waals surface area contributed by atoms with Gasteiger partial charge in [0.15, 0.2) is 11.5 Å². The second-order valence-corrected chi connectivity index (χ2v) is 6.46. The van der Waals surface area contributed by atoms with Gasteiger partial charge in [-0.3, -0.25) is 14.4 Å². The summed E-state index contributed by atoms with van der Waals surface area (Å²) in [5, 5.41) is 7.40. The van der Waals surface area contributed by atoms with Crippen LogP contribution in [0.3, 0.4) is 0 Å².